The Morgan fingerprint density at radius 3 is 2.44 bits per heavy atom. The summed E-state index contributed by atoms with van der Waals surface area (Å²) >= 11 is 9.26. The zero-order chi connectivity index (χ0) is 13.0. The maximum atomic E-state index is 5.80. The van der Waals surface area contributed by atoms with Gasteiger partial charge in [-0.15, -0.1) is 11.6 Å². The van der Waals surface area contributed by atoms with E-state index in [0.717, 1.165) is 27.3 Å². The van der Waals surface area contributed by atoms with Gasteiger partial charge < -0.3 is 9.47 Å². The zero-order valence-corrected chi connectivity index (χ0v) is 12.2. The van der Waals surface area contributed by atoms with E-state index in [2.05, 4.69) is 15.9 Å². The molecular formula is C14H12BrClO2. The molecule has 0 atom stereocenters. The first-order chi connectivity index (χ1) is 8.72. The van der Waals surface area contributed by atoms with Crippen molar-refractivity contribution in [3.05, 3.63) is 52.5 Å². The molecule has 0 aliphatic carbocycles. The van der Waals surface area contributed by atoms with Crippen LogP contribution in [-0.4, -0.2) is 7.11 Å². The van der Waals surface area contributed by atoms with Crippen molar-refractivity contribution in [2.75, 3.05) is 7.11 Å². The third kappa shape index (κ3) is 3.18. The van der Waals surface area contributed by atoms with Crippen LogP contribution in [0.1, 0.15) is 5.56 Å². The van der Waals surface area contributed by atoms with Crippen LogP contribution < -0.4 is 9.47 Å². The molecule has 0 heterocycles. The highest BCUT2D eigenvalue weighted by Crippen LogP contribution is 2.29. The van der Waals surface area contributed by atoms with Crippen molar-refractivity contribution in [1.82, 2.24) is 0 Å². The Kier molecular flexibility index (Phi) is 4.50. The van der Waals surface area contributed by atoms with Crippen molar-refractivity contribution in [3.8, 4) is 17.2 Å². The first-order valence-corrected chi connectivity index (χ1v) is 6.72. The van der Waals surface area contributed by atoms with Crippen LogP contribution in [0, 0.1) is 0 Å². The Hall–Kier alpha value is -1.19. The van der Waals surface area contributed by atoms with Crippen LogP contribution in [0.4, 0.5) is 0 Å². The average Bonchev–Trinajstić information content (AvgIpc) is 2.39. The fourth-order valence-electron chi connectivity index (χ4n) is 1.50. The van der Waals surface area contributed by atoms with Crippen LogP contribution in [-0.2, 0) is 5.88 Å². The Bertz CT molecular complexity index is 543. The SMILES string of the molecule is COc1cccc(Oc2ccc(CCl)c(Br)c2)c1. The van der Waals surface area contributed by atoms with E-state index >= 15 is 0 Å². The molecule has 2 nitrogen and oxygen atoms in total. The summed E-state index contributed by atoms with van der Waals surface area (Å²) in [6.07, 6.45) is 0. The number of rotatable bonds is 4. The molecule has 2 aromatic carbocycles. The minimum Gasteiger partial charge on any atom is -0.497 e. The molecule has 0 saturated carbocycles. The lowest BCUT2D eigenvalue weighted by Gasteiger charge is -2.09. The highest BCUT2D eigenvalue weighted by atomic mass is 79.9. The van der Waals surface area contributed by atoms with E-state index in [1.807, 2.05) is 42.5 Å². The average molecular weight is 328 g/mol. The standard InChI is InChI=1S/C14H12BrClO2/c1-17-11-3-2-4-12(7-11)18-13-6-5-10(9-16)14(15)8-13/h2-8H,9H2,1H3. The second kappa shape index (κ2) is 6.12. The highest BCUT2D eigenvalue weighted by Gasteiger charge is 2.03. The first-order valence-electron chi connectivity index (χ1n) is 5.39. The van der Waals surface area contributed by atoms with Gasteiger partial charge in [0.2, 0.25) is 0 Å². The highest BCUT2D eigenvalue weighted by molar-refractivity contribution is 9.10. The van der Waals surface area contributed by atoms with Crippen molar-refractivity contribution in [1.29, 1.82) is 0 Å². The zero-order valence-electron chi connectivity index (χ0n) is 9.82. The lowest BCUT2D eigenvalue weighted by atomic mass is 10.2. The maximum absolute atomic E-state index is 5.80. The summed E-state index contributed by atoms with van der Waals surface area (Å²) in [5, 5.41) is 0. The number of ether oxygens (including phenoxy) is 2. The van der Waals surface area contributed by atoms with E-state index in [9.17, 15) is 0 Å². The van der Waals surface area contributed by atoms with Crippen LogP contribution >= 0.6 is 27.5 Å². The molecular weight excluding hydrogens is 316 g/mol. The maximum Gasteiger partial charge on any atom is 0.131 e. The van der Waals surface area contributed by atoms with Gasteiger partial charge in [0.15, 0.2) is 0 Å². The first kappa shape index (κ1) is 13.2. The predicted octanol–water partition coefficient (Wildman–Crippen LogP) is 4.99. The van der Waals surface area contributed by atoms with Gasteiger partial charge in [-0.05, 0) is 29.8 Å². The molecule has 0 spiro atoms. The van der Waals surface area contributed by atoms with E-state index in [1.165, 1.54) is 0 Å². The monoisotopic (exact) mass is 326 g/mol. The van der Waals surface area contributed by atoms with E-state index in [4.69, 9.17) is 21.1 Å². The normalized spacial score (nSPS) is 10.2. The van der Waals surface area contributed by atoms with E-state index in [1.54, 1.807) is 7.11 Å². The fourth-order valence-corrected chi connectivity index (χ4v) is 2.39. The van der Waals surface area contributed by atoms with Crippen LogP contribution in [0.25, 0.3) is 0 Å². The lowest BCUT2D eigenvalue weighted by molar-refractivity contribution is 0.409. The summed E-state index contributed by atoms with van der Waals surface area (Å²) in [5.41, 5.74) is 1.04. The van der Waals surface area contributed by atoms with E-state index in [0.29, 0.717) is 5.88 Å². The van der Waals surface area contributed by atoms with Gasteiger partial charge in [-0.25, -0.2) is 0 Å². The quantitative estimate of drug-likeness (QED) is 0.737. The molecule has 0 aromatic heterocycles. The number of alkyl halides is 1. The molecule has 18 heavy (non-hydrogen) atoms. The molecule has 0 radical (unpaired) electrons. The number of hydrogen-bond acceptors (Lipinski definition) is 2. The molecule has 2 rings (SSSR count). The van der Waals surface area contributed by atoms with Crippen LogP contribution in [0.15, 0.2) is 46.9 Å². The van der Waals surface area contributed by atoms with Crippen molar-refractivity contribution >= 4 is 27.5 Å². The predicted molar refractivity (Wildman–Crippen MR) is 76.8 cm³/mol. The summed E-state index contributed by atoms with van der Waals surface area (Å²) in [5.74, 6) is 2.73. The second-order valence-corrected chi connectivity index (χ2v) is 4.79. The minimum atomic E-state index is 0.472. The van der Waals surface area contributed by atoms with Gasteiger partial charge in [0, 0.05) is 16.4 Å². The molecule has 0 N–H and O–H groups in total. The summed E-state index contributed by atoms with van der Waals surface area (Å²) in [7, 11) is 1.63. The number of benzene rings is 2. The van der Waals surface area contributed by atoms with Crippen molar-refractivity contribution in [3.63, 3.8) is 0 Å². The molecule has 0 aliphatic heterocycles. The van der Waals surface area contributed by atoms with Gasteiger partial charge in [0.25, 0.3) is 0 Å². The van der Waals surface area contributed by atoms with Crippen LogP contribution in [0.2, 0.25) is 0 Å². The molecule has 4 heteroatoms. The number of hydrogen-bond donors (Lipinski definition) is 0. The Morgan fingerprint density at radius 1 is 1.06 bits per heavy atom. The molecule has 0 unspecified atom stereocenters. The smallest absolute Gasteiger partial charge is 0.131 e. The van der Waals surface area contributed by atoms with Crippen molar-refractivity contribution in [2.24, 2.45) is 0 Å². The number of halogens is 2. The topological polar surface area (TPSA) is 18.5 Å². The summed E-state index contributed by atoms with van der Waals surface area (Å²) in [6, 6.07) is 13.2. The van der Waals surface area contributed by atoms with Gasteiger partial charge in [0.1, 0.15) is 17.2 Å². The molecule has 0 aliphatic rings. The van der Waals surface area contributed by atoms with E-state index in [-0.39, 0.29) is 0 Å². The fraction of sp³-hybridized carbons (Fsp3) is 0.143. The van der Waals surface area contributed by atoms with Crippen LogP contribution in [0.3, 0.4) is 0 Å². The van der Waals surface area contributed by atoms with Gasteiger partial charge in [-0.1, -0.05) is 28.1 Å². The van der Waals surface area contributed by atoms with Crippen LogP contribution in [0.5, 0.6) is 17.2 Å². The van der Waals surface area contributed by atoms with Crippen molar-refractivity contribution < 1.29 is 9.47 Å². The van der Waals surface area contributed by atoms with E-state index < -0.39 is 0 Å². The molecule has 0 saturated heterocycles. The summed E-state index contributed by atoms with van der Waals surface area (Å²) in [4.78, 5) is 0. The molecule has 0 fully saturated rings. The van der Waals surface area contributed by atoms with Crippen molar-refractivity contribution in [2.45, 2.75) is 5.88 Å². The number of methoxy groups -OCH3 is 1. The molecule has 0 amide bonds. The van der Waals surface area contributed by atoms with Gasteiger partial charge in [0.05, 0.1) is 7.11 Å². The Labute approximate surface area is 120 Å². The third-order valence-corrected chi connectivity index (χ3v) is 3.47. The summed E-state index contributed by atoms with van der Waals surface area (Å²) < 4.78 is 11.8. The van der Waals surface area contributed by atoms with Gasteiger partial charge >= 0.3 is 0 Å². The lowest BCUT2D eigenvalue weighted by Crippen LogP contribution is -1.88. The summed E-state index contributed by atoms with van der Waals surface area (Å²) in [6.45, 7) is 0. The Morgan fingerprint density at radius 2 is 1.78 bits per heavy atom. The molecule has 0 bridgehead atoms. The minimum absolute atomic E-state index is 0.472. The molecule has 2 aromatic rings. The Balaban J connectivity index is 2.20. The third-order valence-electron chi connectivity index (χ3n) is 2.45. The van der Waals surface area contributed by atoms with Gasteiger partial charge in [-0.2, -0.15) is 0 Å². The molecule has 94 valence electrons. The largest absolute Gasteiger partial charge is 0.497 e. The van der Waals surface area contributed by atoms with Gasteiger partial charge in [-0.3, -0.25) is 0 Å². The second-order valence-electron chi connectivity index (χ2n) is 3.67.